The lowest BCUT2D eigenvalue weighted by molar-refractivity contribution is -0.120. The molecule has 0 radical (unpaired) electrons. The van der Waals surface area contributed by atoms with Gasteiger partial charge in [-0.1, -0.05) is 48.5 Å². The minimum atomic E-state index is -0.0928. The van der Waals surface area contributed by atoms with Crippen molar-refractivity contribution in [2.45, 2.75) is 6.42 Å². The first kappa shape index (κ1) is 17.7. The van der Waals surface area contributed by atoms with Gasteiger partial charge in [-0.15, -0.1) is 22.7 Å². The Morgan fingerprint density at radius 1 is 0.815 bits per heavy atom. The highest BCUT2D eigenvalue weighted by atomic mass is 32.1. The Hall–Kier alpha value is -2.70. The largest absolute Gasteiger partial charge is 0.354 e. The molecule has 4 nitrogen and oxygen atoms in total. The number of amides is 2. The van der Waals surface area contributed by atoms with Gasteiger partial charge >= 0.3 is 0 Å². The molecule has 136 valence electrons. The van der Waals surface area contributed by atoms with E-state index < -0.39 is 0 Å². The van der Waals surface area contributed by atoms with E-state index in [0.717, 1.165) is 15.0 Å². The highest BCUT2D eigenvalue weighted by Gasteiger charge is 2.14. The summed E-state index contributed by atoms with van der Waals surface area (Å²) in [7, 11) is 0. The van der Waals surface area contributed by atoms with Crippen LogP contribution in [-0.4, -0.2) is 24.9 Å². The third-order valence-electron chi connectivity index (χ3n) is 4.21. The zero-order valence-corrected chi connectivity index (χ0v) is 16.2. The Morgan fingerprint density at radius 3 is 2.41 bits per heavy atom. The van der Waals surface area contributed by atoms with E-state index in [-0.39, 0.29) is 11.8 Å². The maximum absolute atomic E-state index is 12.4. The number of carbonyl (C=O) groups is 2. The lowest BCUT2D eigenvalue weighted by Gasteiger charge is -2.06. The zero-order chi connectivity index (χ0) is 18.6. The summed E-state index contributed by atoms with van der Waals surface area (Å²) in [5.74, 6) is -0.136. The van der Waals surface area contributed by atoms with Crippen molar-refractivity contribution in [3.05, 3.63) is 71.1 Å². The summed E-state index contributed by atoms with van der Waals surface area (Å²) in [4.78, 5) is 25.0. The number of nitrogens with one attached hydrogen (secondary N) is 2. The smallest absolute Gasteiger partial charge is 0.261 e. The molecule has 0 bridgehead atoms. The molecule has 2 aromatic heterocycles. The summed E-state index contributed by atoms with van der Waals surface area (Å²) < 4.78 is 3.55. The molecule has 2 amide bonds. The van der Waals surface area contributed by atoms with Crippen LogP contribution >= 0.6 is 22.7 Å². The van der Waals surface area contributed by atoms with Gasteiger partial charge in [0.1, 0.15) is 0 Å². The van der Waals surface area contributed by atoms with E-state index in [4.69, 9.17) is 0 Å². The third kappa shape index (κ3) is 4.02. The van der Waals surface area contributed by atoms with Crippen molar-refractivity contribution in [3.63, 3.8) is 0 Å². The molecule has 0 saturated carbocycles. The van der Waals surface area contributed by atoms with Crippen molar-refractivity contribution >= 4 is 54.0 Å². The number of benzene rings is 2. The number of thiophene rings is 2. The van der Waals surface area contributed by atoms with Crippen LogP contribution in [0.2, 0.25) is 0 Å². The first-order valence-electron chi connectivity index (χ1n) is 8.70. The highest BCUT2D eigenvalue weighted by Crippen LogP contribution is 2.39. The fourth-order valence-electron chi connectivity index (χ4n) is 2.92. The van der Waals surface area contributed by atoms with E-state index in [1.165, 1.54) is 21.4 Å². The number of fused-ring (bicyclic) bond motifs is 3. The van der Waals surface area contributed by atoms with Gasteiger partial charge in [-0.05, 0) is 17.7 Å². The second kappa shape index (κ2) is 7.90. The van der Waals surface area contributed by atoms with Gasteiger partial charge in [0.15, 0.2) is 0 Å². The van der Waals surface area contributed by atoms with E-state index in [1.54, 1.807) is 11.3 Å². The van der Waals surface area contributed by atoms with E-state index in [9.17, 15) is 9.59 Å². The van der Waals surface area contributed by atoms with Crippen molar-refractivity contribution in [2.24, 2.45) is 0 Å². The summed E-state index contributed by atoms with van der Waals surface area (Å²) in [5.41, 5.74) is 0.977. The molecule has 2 aromatic carbocycles. The Bertz CT molecular complexity index is 1100. The quantitative estimate of drug-likeness (QED) is 0.482. The Morgan fingerprint density at radius 2 is 1.56 bits per heavy atom. The van der Waals surface area contributed by atoms with Gasteiger partial charge < -0.3 is 10.6 Å². The van der Waals surface area contributed by atoms with Gasteiger partial charge in [0.05, 0.1) is 16.0 Å². The van der Waals surface area contributed by atoms with Gasteiger partial charge in [-0.2, -0.15) is 0 Å². The normalized spacial score (nSPS) is 11.0. The lowest BCUT2D eigenvalue weighted by Crippen LogP contribution is -2.35. The highest BCUT2D eigenvalue weighted by molar-refractivity contribution is 7.33. The molecule has 4 aromatic rings. The van der Waals surface area contributed by atoms with Gasteiger partial charge in [0.2, 0.25) is 5.91 Å². The molecule has 0 atom stereocenters. The number of rotatable bonds is 6. The molecule has 0 spiro atoms. The van der Waals surface area contributed by atoms with Crippen molar-refractivity contribution in [3.8, 4) is 0 Å². The molecule has 0 unspecified atom stereocenters. The molecule has 2 heterocycles. The Balaban J connectivity index is 1.29. The van der Waals surface area contributed by atoms with Crippen LogP contribution in [-0.2, 0) is 11.2 Å². The van der Waals surface area contributed by atoms with Crippen LogP contribution < -0.4 is 10.6 Å². The molecule has 0 fully saturated rings. The van der Waals surface area contributed by atoms with E-state index in [1.807, 2.05) is 48.5 Å². The van der Waals surface area contributed by atoms with Gasteiger partial charge in [0.25, 0.3) is 5.91 Å². The standard InChI is InChI=1S/C21H18N2O2S2/c24-19(12-14-6-2-1-3-7-14)22-10-11-23-21(25)18-13-17-20(27-18)15-8-4-5-9-16(15)26-17/h1-9,13H,10-12H2,(H,22,24)(H,23,25). The number of hydrogen-bond donors (Lipinski definition) is 2. The average molecular weight is 395 g/mol. The van der Waals surface area contributed by atoms with Crippen LogP contribution in [0.5, 0.6) is 0 Å². The van der Waals surface area contributed by atoms with Crippen molar-refractivity contribution in [1.82, 2.24) is 10.6 Å². The van der Waals surface area contributed by atoms with Gasteiger partial charge in [0, 0.05) is 27.9 Å². The van der Waals surface area contributed by atoms with Crippen molar-refractivity contribution in [2.75, 3.05) is 13.1 Å². The van der Waals surface area contributed by atoms with Gasteiger partial charge in [-0.25, -0.2) is 0 Å². The molecule has 0 aliphatic rings. The number of hydrogen-bond acceptors (Lipinski definition) is 4. The van der Waals surface area contributed by atoms with Crippen LogP contribution in [0.15, 0.2) is 60.7 Å². The maximum atomic E-state index is 12.4. The topological polar surface area (TPSA) is 58.2 Å². The van der Waals surface area contributed by atoms with E-state index >= 15 is 0 Å². The molecular weight excluding hydrogens is 376 g/mol. The molecular formula is C21H18N2O2S2. The second-order valence-corrected chi connectivity index (χ2v) is 8.31. The predicted molar refractivity (Wildman–Crippen MR) is 113 cm³/mol. The fourth-order valence-corrected chi connectivity index (χ4v) is 5.36. The first-order valence-corrected chi connectivity index (χ1v) is 10.3. The molecule has 0 saturated heterocycles. The van der Waals surface area contributed by atoms with E-state index in [2.05, 4.69) is 22.8 Å². The van der Waals surface area contributed by atoms with Crippen LogP contribution in [0.25, 0.3) is 19.5 Å². The predicted octanol–water partition coefficient (Wildman–Crippen LogP) is 4.20. The minimum Gasteiger partial charge on any atom is -0.354 e. The van der Waals surface area contributed by atoms with Crippen LogP contribution in [0.1, 0.15) is 15.2 Å². The fraction of sp³-hybridized carbons (Fsp3) is 0.143. The molecule has 0 aliphatic carbocycles. The average Bonchev–Trinajstić information content (AvgIpc) is 3.24. The third-order valence-corrected chi connectivity index (χ3v) is 6.63. The summed E-state index contributed by atoms with van der Waals surface area (Å²) in [5, 5.41) is 6.92. The zero-order valence-electron chi connectivity index (χ0n) is 14.5. The monoisotopic (exact) mass is 394 g/mol. The van der Waals surface area contributed by atoms with Gasteiger partial charge in [-0.3, -0.25) is 9.59 Å². The second-order valence-electron chi connectivity index (χ2n) is 6.17. The summed E-state index contributed by atoms with van der Waals surface area (Å²) in [6, 6.07) is 19.8. The first-order chi connectivity index (χ1) is 13.2. The minimum absolute atomic E-state index is 0.0430. The summed E-state index contributed by atoms with van der Waals surface area (Å²) >= 11 is 3.23. The van der Waals surface area contributed by atoms with Crippen molar-refractivity contribution < 1.29 is 9.59 Å². The van der Waals surface area contributed by atoms with Crippen LogP contribution in [0, 0.1) is 0 Å². The SMILES string of the molecule is O=C(Cc1ccccc1)NCCNC(=O)c1cc2sc3ccccc3c2s1. The molecule has 0 aliphatic heterocycles. The molecule has 2 N–H and O–H groups in total. The number of carbonyl (C=O) groups excluding carboxylic acids is 2. The maximum Gasteiger partial charge on any atom is 0.261 e. The summed E-state index contributed by atoms with van der Waals surface area (Å²) in [6.07, 6.45) is 0.350. The molecule has 4 rings (SSSR count). The van der Waals surface area contributed by atoms with Crippen LogP contribution in [0.3, 0.4) is 0 Å². The Labute approximate surface area is 164 Å². The molecule has 6 heteroatoms. The Kier molecular flexibility index (Phi) is 5.18. The summed E-state index contributed by atoms with van der Waals surface area (Å²) in [6.45, 7) is 0.825. The van der Waals surface area contributed by atoms with E-state index in [0.29, 0.717) is 24.4 Å². The van der Waals surface area contributed by atoms with Crippen LogP contribution in [0.4, 0.5) is 0 Å². The van der Waals surface area contributed by atoms with Crippen molar-refractivity contribution in [1.29, 1.82) is 0 Å². The lowest BCUT2D eigenvalue weighted by atomic mass is 10.1. The molecule has 27 heavy (non-hydrogen) atoms.